The van der Waals surface area contributed by atoms with Crippen LogP contribution >= 0.6 is 0 Å². The highest BCUT2D eigenvalue weighted by molar-refractivity contribution is 5.79. The van der Waals surface area contributed by atoms with Gasteiger partial charge in [-0.1, -0.05) is 0 Å². The van der Waals surface area contributed by atoms with Crippen molar-refractivity contribution in [2.45, 2.75) is 25.3 Å². The first-order valence-electron chi connectivity index (χ1n) is 8.42. The number of fused-ring (bicyclic) bond motifs is 1. The van der Waals surface area contributed by atoms with E-state index in [0.29, 0.717) is 37.3 Å². The monoisotopic (exact) mass is 328 g/mol. The zero-order valence-corrected chi connectivity index (χ0v) is 13.4. The summed E-state index contributed by atoms with van der Waals surface area (Å²) in [5, 5.41) is 0.543. The van der Waals surface area contributed by atoms with Crippen LogP contribution in [0.25, 0.3) is 11.0 Å². The summed E-state index contributed by atoms with van der Waals surface area (Å²) in [7, 11) is 0. The van der Waals surface area contributed by atoms with Crippen LogP contribution in [-0.4, -0.2) is 51.6 Å². The van der Waals surface area contributed by atoms with Crippen molar-refractivity contribution in [2.75, 3.05) is 26.3 Å². The first-order chi connectivity index (χ1) is 11.7. The lowest BCUT2D eigenvalue weighted by Crippen LogP contribution is -2.43. The minimum absolute atomic E-state index is 0.0117. The van der Waals surface area contributed by atoms with Gasteiger partial charge in [0.15, 0.2) is 5.65 Å². The minimum atomic E-state index is -0.0536. The summed E-state index contributed by atoms with van der Waals surface area (Å²) >= 11 is 0. The standard InChI is InChI=1S/C17H20N4O3/c22-16(12-5-9-24-10-12)20-7-3-13(4-8-20)21-11-19-15-14(17(21)23)2-1-6-18-15/h1-2,6,11-13H,3-5,7-10H2. The molecule has 24 heavy (non-hydrogen) atoms. The van der Waals surface area contributed by atoms with Crippen LogP contribution in [0.2, 0.25) is 0 Å². The summed E-state index contributed by atoms with van der Waals surface area (Å²) in [6.45, 7) is 2.58. The average Bonchev–Trinajstić information content (AvgIpc) is 3.17. The normalized spacial score (nSPS) is 22.2. The van der Waals surface area contributed by atoms with Crippen molar-refractivity contribution < 1.29 is 9.53 Å². The first kappa shape index (κ1) is 15.3. The van der Waals surface area contributed by atoms with E-state index in [-0.39, 0.29) is 23.4 Å². The molecule has 2 aliphatic heterocycles. The quantitative estimate of drug-likeness (QED) is 0.822. The molecule has 1 unspecified atom stereocenters. The molecule has 2 fully saturated rings. The molecule has 0 radical (unpaired) electrons. The summed E-state index contributed by atoms with van der Waals surface area (Å²) in [4.78, 5) is 35.4. The van der Waals surface area contributed by atoms with E-state index in [1.807, 2.05) is 4.90 Å². The second kappa shape index (κ2) is 6.32. The number of aromatic nitrogens is 3. The third kappa shape index (κ3) is 2.69. The molecule has 2 aliphatic rings. The van der Waals surface area contributed by atoms with Gasteiger partial charge < -0.3 is 9.64 Å². The Hall–Kier alpha value is -2.28. The smallest absolute Gasteiger partial charge is 0.263 e. The van der Waals surface area contributed by atoms with E-state index in [0.717, 1.165) is 19.3 Å². The van der Waals surface area contributed by atoms with Crippen molar-refractivity contribution in [2.24, 2.45) is 5.92 Å². The number of pyridine rings is 1. The molecule has 0 aromatic carbocycles. The fraction of sp³-hybridized carbons (Fsp3) is 0.529. The molecule has 1 atom stereocenters. The lowest BCUT2D eigenvalue weighted by molar-refractivity contribution is -0.136. The highest BCUT2D eigenvalue weighted by Crippen LogP contribution is 2.24. The number of carbonyl (C=O) groups excluding carboxylic acids is 1. The molecular weight excluding hydrogens is 308 g/mol. The second-order valence-electron chi connectivity index (χ2n) is 6.45. The molecule has 4 rings (SSSR count). The Morgan fingerprint density at radius 1 is 1.21 bits per heavy atom. The maximum absolute atomic E-state index is 12.6. The molecule has 1 amide bonds. The predicted octanol–water partition coefficient (Wildman–Crippen LogP) is 0.991. The van der Waals surface area contributed by atoms with Crippen LogP contribution in [0.4, 0.5) is 0 Å². The summed E-state index contributed by atoms with van der Waals surface area (Å²) in [6, 6.07) is 3.59. The van der Waals surface area contributed by atoms with E-state index in [4.69, 9.17) is 4.74 Å². The number of piperidine rings is 1. The van der Waals surface area contributed by atoms with Gasteiger partial charge >= 0.3 is 0 Å². The number of nitrogens with zero attached hydrogens (tertiary/aromatic N) is 4. The summed E-state index contributed by atoms with van der Waals surface area (Å²) in [6.07, 6.45) is 5.58. The number of hydrogen-bond acceptors (Lipinski definition) is 5. The molecule has 126 valence electrons. The van der Waals surface area contributed by atoms with Crippen molar-refractivity contribution >= 4 is 16.9 Å². The van der Waals surface area contributed by atoms with Gasteiger partial charge in [-0.25, -0.2) is 9.97 Å². The molecule has 7 nitrogen and oxygen atoms in total. The SMILES string of the molecule is O=C(C1CCOC1)N1CCC(n2cnc3ncccc3c2=O)CC1. The lowest BCUT2D eigenvalue weighted by atomic mass is 10.0. The molecule has 4 heterocycles. The van der Waals surface area contributed by atoms with Gasteiger partial charge in [0.25, 0.3) is 5.56 Å². The van der Waals surface area contributed by atoms with Crippen molar-refractivity contribution in [3.63, 3.8) is 0 Å². The van der Waals surface area contributed by atoms with Crippen LogP contribution < -0.4 is 5.56 Å². The number of rotatable bonds is 2. The van der Waals surface area contributed by atoms with E-state index in [9.17, 15) is 9.59 Å². The fourth-order valence-corrected chi connectivity index (χ4v) is 3.59. The summed E-state index contributed by atoms with van der Waals surface area (Å²) in [5.41, 5.74) is 0.426. The maximum Gasteiger partial charge on any atom is 0.263 e. The van der Waals surface area contributed by atoms with Gasteiger partial charge in [0, 0.05) is 31.9 Å². The zero-order chi connectivity index (χ0) is 16.5. The van der Waals surface area contributed by atoms with Crippen molar-refractivity contribution in [1.29, 1.82) is 0 Å². The van der Waals surface area contributed by atoms with Crippen LogP contribution in [0.15, 0.2) is 29.5 Å². The van der Waals surface area contributed by atoms with E-state index < -0.39 is 0 Å². The number of ether oxygens (including phenoxy) is 1. The van der Waals surface area contributed by atoms with Crippen LogP contribution in [0.1, 0.15) is 25.3 Å². The zero-order valence-electron chi connectivity index (χ0n) is 13.4. The molecule has 2 aromatic heterocycles. The Kier molecular flexibility index (Phi) is 4.02. The molecular formula is C17H20N4O3. The van der Waals surface area contributed by atoms with Gasteiger partial charge in [-0.05, 0) is 31.4 Å². The van der Waals surface area contributed by atoms with E-state index in [1.54, 1.807) is 29.2 Å². The molecule has 0 bridgehead atoms. The molecule has 0 N–H and O–H groups in total. The van der Waals surface area contributed by atoms with E-state index in [2.05, 4.69) is 9.97 Å². The average molecular weight is 328 g/mol. The van der Waals surface area contributed by atoms with Crippen LogP contribution in [-0.2, 0) is 9.53 Å². The third-order valence-electron chi connectivity index (χ3n) is 5.00. The van der Waals surface area contributed by atoms with Crippen molar-refractivity contribution in [3.8, 4) is 0 Å². The first-order valence-corrected chi connectivity index (χ1v) is 8.42. The van der Waals surface area contributed by atoms with Gasteiger partial charge in [-0.3, -0.25) is 14.2 Å². The van der Waals surface area contributed by atoms with Crippen molar-refractivity contribution in [1.82, 2.24) is 19.4 Å². The Bertz CT molecular complexity index is 805. The van der Waals surface area contributed by atoms with Crippen molar-refractivity contribution in [3.05, 3.63) is 35.0 Å². The molecule has 0 spiro atoms. The Labute approximate surface area is 139 Å². The number of likely N-dealkylation sites (tertiary alicyclic amines) is 1. The highest BCUT2D eigenvalue weighted by Gasteiger charge is 2.31. The van der Waals surface area contributed by atoms with Gasteiger partial charge in [-0.15, -0.1) is 0 Å². The third-order valence-corrected chi connectivity index (χ3v) is 5.00. The predicted molar refractivity (Wildman–Crippen MR) is 87.6 cm³/mol. The van der Waals surface area contributed by atoms with Gasteiger partial charge in [0.1, 0.15) is 6.33 Å². The van der Waals surface area contributed by atoms with E-state index in [1.165, 1.54) is 0 Å². The summed E-state index contributed by atoms with van der Waals surface area (Å²) in [5.74, 6) is 0.205. The molecule has 0 aliphatic carbocycles. The highest BCUT2D eigenvalue weighted by atomic mass is 16.5. The molecule has 2 aromatic rings. The number of carbonyl (C=O) groups is 1. The van der Waals surface area contributed by atoms with Crippen LogP contribution in [0.3, 0.4) is 0 Å². The summed E-state index contributed by atoms with van der Waals surface area (Å²) < 4.78 is 7.01. The largest absolute Gasteiger partial charge is 0.381 e. The maximum atomic E-state index is 12.6. The lowest BCUT2D eigenvalue weighted by Gasteiger charge is -2.34. The van der Waals surface area contributed by atoms with Crippen LogP contribution in [0, 0.1) is 5.92 Å². The molecule has 0 saturated carbocycles. The van der Waals surface area contributed by atoms with Gasteiger partial charge in [0.05, 0.1) is 17.9 Å². The Balaban J connectivity index is 1.49. The molecule has 7 heteroatoms. The fourth-order valence-electron chi connectivity index (χ4n) is 3.59. The minimum Gasteiger partial charge on any atom is -0.381 e. The Morgan fingerprint density at radius 3 is 2.79 bits per heavy atom. The van der Waals surface area contributed by atoms with E-state index >= 15 is 0 Å². The topological polar surface area (TPSA) is 77.3 Å². The van der Waals surface area contributed by atoms with Gasteiger partial charge in [-0.2, -0.15) is 0 Å². The van der Waals surface area contributed by atoms with Crippen LogP contribution in [0.5, 0.6) is 0 Å². The molecule has 2 saturated heterocycles. The van der Waals surface area contributed by atoms with Gasteiger partial charge in [0.2, 0.25) is 5.91 Å². The number of hydrogen-bond donors (Lipinski definition) is 0. The second-order valence-corrected chi connectivity index (χ2v) is 6.45. The number of amides is 1. The Morgan fingerprint density at radius 2 is 2.04 bits per heavy atom.